The number of ether oxygens (including phenoxy) is 1. The first-order valence-electron chi connectivity index (χ1n) is 5.83. The Labute approximate surface area is 125 Å². The van der Waals surface area contributed by atoms with Crippen LogP contribution in [0.1, 0.15) is 15.2 Å². The predicted molar refractivity (Wildman–Crippen MR) is 79.4 cm³/mol. The van der Waals surface area contributed by atoms with Crippen molar-refractivity contribution in [3.8, 4) is 0 Å². The zero-order chi connectivity index (χ0) is 14.5. The van der Waals surface area contributed by atoms with Crippen molar-refractivity contribution in [2.75, 3.05) is 11.9 Å². The molecule has 0 bridgehead atoms. The van der Waals surface area contributed by atoms with Crippen molar-refractivity contribution in [3.63, 3.8) is 0 Å². The Kier molecular flexibility index (Phi) is 4.76. The second kappa shape index (κ2) is 6.54. The molecule has 0 aliphatic carbocycles. The normalized spacial score (nSPS) is 10.1. The molecule has 0 fully saturated rings. The largest absolute Gasteiger partial charge is 0.451 e. The minimum absolute atomic E-state index is 0.331. The van der Waals surface area contributed by atoms with E-state index >= 15 is 0 Å². The summed E-state index contributed by atoms with van der Waals surface area (Å²) in [5.74, 6) is -0.939. The van der Waals surface area contributed by atoms with Gasteiger partial charge in [-0.1, -0.05) is 29.3 Å². The van der Waals surface area contributed by atoms with E-state index in [9.17, 15) is 9.59 Å². The Morgan fingerprint density at radius 3 is 2.50 bits per heavy atom. The van der Waals surface area contributed by atoms with Gasteiger partial charge in [0.05, 0.1) is 4.34 Å². The van der Waals surface area contributed by atoms with Crippen LogP contribution in [0.4, 0.5) is 5.69 Å². The second-order valence-corrected chi connectivity index (χ2v) is 5.81. The zero-order valence-electron chi connectivity index (χ0n) is 10.7. The summed E-state index contributed by atoms with van der Waals surface area (Å²) in [6, 6.07) is 10.5. The van der Waals surface area contributed by atoms with Gasteiger partial charge in [0.25, 0.3) is 5.91 Å². The van der Waals surface area contributed by atoms with Crippen molar-refractivity contribution in [2.45, 2.75) is 6.92 Å². The number of carbonyl (C=O) groups excluding carboxylic acids is 2. The molecule has 0 unspecified atom stereocenters. The average Bonchev–Trinajstić information content (AvgIpc) is 2.85. The van der Waals surface area contributed by atoms with E-state index in [0.717, 1.165) is 16.9 Å². The molecule has 1 N–H and O–H groups in total. The third-order valence-electron chi connectivity index (χ3n) is 2.44. The Balaban J connectivity index is 1.83. The quantitative estimate of drug-likeness (QED) is 0.879. The summed E-state index contributed by atoms with van der Waals surface area (Å²) in [6.45, 7) is 1.63. The van der Waals surface area contributed by atoms with Crippen LogP contribution in [0.25, 0.3) is 0 Å². The van der Waals surface area contributed by atoms with E-state index < -0.39 is 5.97 Å². The van der Waals surface area contributed by atoms with Crippen molar-refractivity contribution >= 4 is 40.5 Å². The van der Waals surface area contributed by atoms with Crippen LogP contribution >= 0.6 is 22.9 Å². The van der Waals surface area contributed by atoms with Gasteiger partial charge in [-0.05, 0) is 31.2 Å². The molecule has 0 atom stereocenters. The van der Waals surface area contributed by atoms with Crippen LogP contribution in [0.3, 0.4) is 0 Å². The van der Waals surface area contributed by atoms with Crippen molar-refractivity contribution < 1.29 is 14.3 Å². The number of aryl methyl sites for hydroxylation is 1. The maximum absolute atomic E-state index is 11.6. The Morgan fingerprint density at radius 2 is 1.90 bits per heavy atom. The highest BCUT2D eigenvalue weighted by Crippen LogP contribution is 2.21. The van der Waals surface area contributed by atoms with Crippen LogP contribution < -0.4 is 5.32 Å². The summed E-state index contributed by atoms with van der Waals surface area (Å²) >= 11 is 6.83. The van der Waals surface area contributed by atoms with Crippen LogP contribution in [0.5, 0.6) is 0 Å². The van der Waals surface area contributed by atoms with E-state index in [1.54, 1.807) is 24.3 Å². The lowest BCUT2D eigenvalue weighted by Gasteiger charge is -2.06. The first-order chi connectivity index (χ1) is 9.54. The summed E-state index contributed by atoms with van der Waals surface area (Å²) < 4.78 is 5.40. The first kappa shape index (κ1) is 14.6. The highest BCUT2D eigenvalue weighted by atomic mass is 35.5. The minimum atomic E-state index is -0.555. The van der Waals surface area contributed by atoms with Gasteiger partial charge in [0.1, 0.15) is 4.88 Å². The molecule has 0 radical (unpaired) electrons. The van der Waals surface area contributed by atoms with E-state index in [-0.39, 0.29) is 12.5 Å². The minimum Gasteiger partial charge on any atom is -0.451 e. The fraction of sp³-hybridized carbons (Fsp3) is 0.143. The number of benzene rings is 1. The Bertz CT molecular complexity index is 622. The van der Waals surface area contributed by atoms with Gasteiger partial charge in [0, 0.05) is 5.69 Å². The lowest BCUT2D eigenvalue weighted by Crippen LogP contribution is -2.20. The molecular formula is C14H12ClNO3S. The number of halogens is 1. The summed E-state index contributed by atoms with van der Waals surface area (Å²) in [7, 11) is 0. The van der Waals surface area contributed by atoms with Gasteiger partial charge in [0.15, 0.2) is 6.61 Å². The highest BCUT2D eigenvalue weighted by Gasteiger charge is 2.12. The van der Waals surface area contributed by atoms with Crippen molar-refractivity contribution in [3.05, 3.63) is 51.2 Å². The second-order valence-electron chi connectivity index (χ2n) is 4.09. The number of amides is 1. The number of carbonyl (C=O) groups is 2. The number of anilines is 1. The van der Waals surface area contributed by atoms with Crippen molar-refractivity contribution in [1.29, 1.82) is 0 Å². The molecule has 0 aliphatic heterocycles. The summed E-state index contributed by atoms with van der Waals surface area (Å²) in [6.07, 6.45) is 0. The summed E-state index contributed by atoms with van der Waals surface area (Å²) in [5.41, 5.74) is 1.76. The van der Waals surface area contributed by atoms with Gasteiger partial charge in [0.2, 0.25) is 0 Å². The molecule has 2 aromatic rings. The van der Waals surface area contributed by atoms with Crippen LogP contribution in [-0.4, -0.2) is 18.5 Å². The number of hydrogen-bond acceptors (Lipinski definition) is 4. The van der Waals surface area contributed by atoms with Crippen LogP contribution in [0.15, 0.2) is 36.4 Å². The highest BCUT2D eigenvalue weighted by molar-refractivity contribution is 7.17. The lowest BCUT2D eigenvalue weighted by molar-refractivity contribution is -0.119. The van der Waals surface area contributed by atoms with Crippen LogP contribution in [0.2, 0.25) is 4.34 Å². The fourth-order valence-corrected chi connectivity index (χ4v) is 2.40. The summed E-state index contributed by atoms with van der Waals surface area (Å²) in [4.78, 5) is 23.6. The maximum Gasteiger partial charge on any atom is 0.348 e. The number of esters is 1. The molecule has 0 saturated carbocycles. The third-order valence-corrected chi connectivity index (χ3v) is 3.66. The predicted octanol–water partition coefficient (Wildman–Crippen LogP) is 3.51. The molecule has 1 amide bonds. The zero-order valence-corrected chi connectivity index (χ0v) is 12.3. The van der Waals surface area contributed by atoms with E-state index in [1.807, 2.05) is 19.1 Å². The molecule has 0 aliphatic rings. The molecule has 0 spiro atoms. The van der Waals surface area contributed by atoms with E-state index in [2.05, 4.69) is 5.32 Å². The Hall–Kier alpha value is -1.85. The van der Waals surface area contributed by atoms with Gasteiger partial charge < -0.3 is 10.1 Å². The molecule has 4 nitrogen and oxygen atoms in total. The number of thiophene rings is 1. The van der Waals surface area contributed by atoms with Crippen molar-refractivity contribution in [1.82, 2.24) is 0 Å². The molecule has 104 valence electrons. The molecular weight excluding hydrogens is 298 g/mol. The van der Waals surface area contributed by atoms with Gasteiger partial charge in [-0.3, -0.25) is 4.79 Å². The molecule has 20 heavy (non-hydrogen) atoms. The van der Waals surface area contributed by atoms with E-state index in [0.29, 0.717) is 14.9 Å². The molecule has 0 saturated heterocycles. The fourth-order valence-electron chi connectivity index (χ4n) is 1.46. The number of nitrogens with one attached hydrogen (secondary N) is 1. The van der Waals surface area contributed by atoms with E-state index in [4.69, 9.17) is 16.3 Å². The van der Waals surface area contributed by atoms with Gasteiger partial charge in [-0.15, -0.1) is 11.3 Å². The standard InChI is InChI=1S/C14H12ClNO3S/c1-9-2-4-10(5-3-9)16-13(17)8-19-14(18)11-6-7-12(15)20-11/h2-7H,8H2,1H3,(H,16,17). The molecule has 1 aromatic carbocycles. The SMILES string of the molecule is Cc1ccc(NC(=O)COC(=O)c2ccc(Cl)s2)cc1. The molecule has 1 heterocycles. The topological polar surface area (TPSA) is 55.4 Å². The average molecular weight is 310 g/mol. The van der Waals surface area contributed by atoms with Gasteiger partial charge in [-0.25, -0.2) is 4.79 Å². The van der Waals surface area contributed by atoms with Gasteiger partial charge >= 0.3 is 5.97 Å². The first-order valence-corrected chi connectivity index (χ1v) is 7.03. The third kappa shape index (κ3) is 4.08. The van der Waals surface area contributed by atoms with Crippen LogP contribution in [-0.2, 0) is 9.53 Å². The lowest BCUT2D eigenvalue weighted by atomic mass is 10.2. The van der Waals surface area contributed by atoms with Gasteiger partial charge in [-0.2, -0.15) is 0 Å². The molecule has 1 aromatic heterocycles. The smallest absolute Gasteiger partial charge is 0.348 e. The number of hydrogen-bond donors (Lipinski definition) is 1. The number of rotatable bonds is 4. The van der Waals surface area contributed by atoms with Crippen LogP contribution in [0, 0.1) is 6.92 Å². The molecule has 2 rings (SSSR count). The molecule has 6 heteroatoms. The monoisotopic (exact) mass is 309 g/mol. The van der Waals surface area contributed by atoms with E-state index in [1.165, 1.54) is 0 Å². The summed E-state index contributed by atoms with van der Waals surface area (Å²) in [5, 5.41) is 2.64. The Morgan fingerprint density at radius 1 is 1.20 bits per heavy atom. The maximum atomic E-state index is 11.6. The van der Waals surface area contributed by atoms with Crippen molar-refractivity contribution in [2.24, 2.45) is 0 Å².